The Morgan fingerprint density at radius 1 is 1.44 bits per heavy atom. The van der Waals surface area contributed by atoms with Gasteiger partial charge < -0.3 is 4.74 Å². The zero-order valence-corrected chi connectivity index (χ0v) is 9.03. The maximum atomic E-state index is 12.8. The largest absolute Gasteiger partial charge is 0.382 e. The Hall–Kier alpha value is -1.46. The predicted octanol–water partition coefficient (Wildman–Crippen LogP) is 1.06. The first-order chi connectivity index (χ1) is 7.72. The molecular weight excluding hydrogens is 213 g/mol. The molecule has 1 aromatic carbocycles. The molecule has 0 saturated heterocycles. The van der Waals surface area contributed by atoms with E-state index < -0.39 is 0 Å². The smallest absolute Gasteiger partial charge is 0.247 e. The minimum Gasteiger partial charge on any atom is -0.382 e. The topological polar surface area (TPSA) is 47.6 Å². The number of hydrogen-bond donors (Lipinski definition) is 1. The third-order valence-electron chi connectivity index (χ3n) is 1.83. The molecule has 0 saturated carbocycles. The fourth-order valence-corrected chi connectivity index (χ4v) is 1.12. The Morgan fingerprint density at radius 2 is 2.25 bits per heavy atom. The molecular formula is C11H14FNO3. The molecule has 0 unspecified atom stereocenters. The Morgan fingerprint density at radius 3 is 2.94 bits per heavy atom. The standard InChI is InChI=1S/C11H14FNO3/c1-15-5-6-16-13-11(14)8-9-3-2-4-10(12)7-9/h2-4,7H,5-6,8H2,1H3,(H,13,14). The van der Waals surface area contributed by atoms with Crippen LogP contribution in [0.25, 0.3) is 0 Å². The minimum atomic E-state index is -0.356. The third kappa shape index (κ3) is 4.86. The summed E-state index contributed by atoms with van der Waals surface area (Å²) >= 11 is 0. The molecule has 1 aromatic rings. The molecule has 16 heavy (non-hydrogen) atoms. The maximum absolute atomic E-state index is 12.8. The van der Waals surface area contributed by atoms with Crippen LogP contribution in [0, 0.1) is 5.82 Å². The first-order valence-corrected chi connectivity index (χ1v) is 4.86. The van der Waals surface area contributed by atoms with Crippen molar-refractivity contribution < 1.29 is 18.8 Å². The molecule has 0 radical (unpaired) electrons. The van der Waals surface area contributed by atoms with E-state index in [0.29, 0.717) is 12.2 Å². The highest BCUT2D eigenvalue weighted by Crippen LogP contribution is 2.03. The lowest BCUT2D eigenvalue weighted by Gasteiger charge is -2.05. The van der Waals surface area contributed by atoms with Crippen LogP contribution in [0.2, 0.25) is 0 Å². The summed E-state index contributed by atoms with van der Waals surface area (Å²) in [5.74, 6) is -0.674. The normalized spacial score (nSPS) is 10.1. The minimum absolute atomic E-state index is 0.0880. The number of amides is 1. The van der Waals surface area contributed by atoms with Crippen molar-refractivity contribution in [3.05, 3.63) is 35.6 Å². The van der Waals surface area contributed by atoms with Gasteiger partial charge in [0.15, 0.2) is 0 Å². The van der Waals surface area contributed by atoms with Crippen molar-refractivity contribution in [3.8, 4) is 0 Å². The molecule has 0 atom stereocenters. The van der Waals surface area contributed by atoms with E-state index in [2.05, 4.69) is 5.48 Å². The van der Waals surface area contributed by atoms with Crippen LogP contribution in [0.4, 0.5) is 4.39 Å². The average Bonchev–Trinajstić information content (AvgIpc) is 2.24. The number of carbonyl (C=O) groups excluding carboxylic acids is 1. The molecule has 0 bridgehead atoms. The number of benzene rings is 1. The second kappa shape index (κ2) is 6.92. The van der Waals surface area contributed by atoms with Gasteiger partial charge >= 0.3 is 0 Å². The summed E-state index contributed by atoms with van der Waals surface area (Å²) in [4.78, 5) is 16.1. The molecule has 0 fully saturated rings. The molecule has 0 aliphatic rings. The Bertz CT molecular complexity index is 344. The molecule has 88 valence electrons. The lowest BCUT2D eigenvalue weighted by atomic mass is 10.1. The molecule has 1 amide bonds. The number of hydroxylamine groups is 1. The number of nitrogens with one attached hydrogen (secondary N) is 1. The summed E-state index contributed by atoms with van der Waals surface area (Å²) in [7, 11) is 1.54. The molecule has 1 rings (SSSR count). The average molecular weight is 227 g/mol. The van der Waals surface area contributed by atoms with Gasteiger partial charge in [0.2, 0.25) is 5.91 Å². The van der Waals surface area contributed by atoms with Crippen LogP contribution in [0.5, 0.6) is 0 Å². The Labute approximate surface area is 93.3 Å². The monoisotopic (exact) mass is 227 g/mol. The lowest BCUT2D eigenvalue weighted by Crippen LogP contribution is -2.26. The van der Waals surface area contributed by atoms with Crippen LogP contribution in [0.3, 0.4) is 0 Å². The summed E-state index contributed by atoms with van der Waals surface area (Å²) in [5.41, 5.74) is 2.85. The van der Waals surface area contributed by atoms with Gasteiger partial charge in [-0.05, 0) is 17.7 Å². The van der Waals surface area contributed by atoms with E-state index in [1.807, 2.05) is 0 Å². The predicted molar refractivity (Wildman–Crippen MR) is 56.1 cm³/mol. The van der Waals surface area contributed by atoms with Crippen molar-refractivity contribution >= 4 is 5.91 Å². The van der Waals surface area contributed by atoms with Crippen LogP contribution in [0.1, 0.15) is 5.56 Å². The van der Waals surface area contributed by atoms with Crippen LogP contribution < -0.4 is 5.48 Å². The first-order valence-electron chi connectivity index (χ1n) is 4.86. The van der Waals surface area contributed by atoms with Gasteiger partial charge in [0.05, 0.1) is 19.6 Å². The van der Waals surface area contributed by atoms with E-state index in [9.17, 15) is 9.18 Å². The van der Waals surface area contributed by atoms with E-state index in [1.165, 1.54) is 19.2 Å². The summed E-state index contributed by atoms with van der Waals surface area (Å²) in [5, 5.41) is 0. The molecule has 0 aliphatic heterocycles. The Kier molecular flexibility index (Phi) is 5.45. The van der Waals surface area contributed by atoms with Crippen LogP contribution in [0.15, 0.2) is 24.3 Å². The quantitative estimate of drug-likeness (QED) is 0.584. The zero-order chi connectivity index (χ0) is 11.8. The number of carbonyl (C=O) groups is 1. The second-order valence-electron chi connectivity index (χ2n) is 3.17. The highest BCUT2D eigenvalue weighted by Gasteiger charge is 2.03. The van der Waals surface area contributed by atoms with E-state index in [4.69, 9.17) is 9.57 Å². The van der Waals surface area contributed by atoms with E-state index >= 15 is 0 Å². The zero-order valence-electron chi connectivity index (χ0n) is 9.03. The summed E-state index contributed by atoms with van der Waals surface area (Å²) in [6.45, 7) is 0.686. The number of hydrogen-bond acceptors (Lipinski definition) is 3. The molecule has 5 heteroatoms. The number of ether oxygens (including phenoxy) is 1. The maximum Gasteiger partial charge on any atom is 0.247 e. The SMILES string of the molecule is COCCONC(=O)Cc1cccc(F)c1. The van der Waals surface area contributed by atoms with Crippen molar-refractivity contribution in [2.24, 2.45) is 0 Å². The van der Waals surface area contributed by atoms with Crippen molar-refractivity contribution in [2.75, 3.05) is 20.3 Å². The molecule has 0 heterocycles. The van der Waals surface area contributed by atoms with Crippen molar-refractivity contribution in [1.29, 1.82) is 0 Å². The van der Waals surface area contributed by atoms with Gasteiger partial charge in [-0.25, -0.2) is 9.87 Å². The molecule has 0 aromatic heterocycles. The van der Waals surface area contributed by atoms with E-state index in [1.54, 1.807) is 12.1 Å². The second-order valence-corrected chi connectivity index (χ2v) is 3.17. The van der Waals surface area contributed by atoms with Crippen molar-refractivity contribution in [1.82, 2.24) is 5.48 Å². The molecule has 0 spiro atoms. The van der Waals surface area contributed by atoms with Gasteiger partial charge in [-0.15, -0.1) is 0 Å². The highest BCUT2D eigenvalue weighted by atomic mass is 19.1. The highest BCUT2D eigenvalue weighted by molar-refractivity contribution is 5.77. The van der Waals surface area contributed by atoms with Crippen LogP contribution in [-0.4, -0.2) is 26.2 Å². The number of halogens is 1. The number of methoxy groups -OCH3 is 1. The molecule has 4 nitrogen and oxygen atoms in total. The van der Waals surface area contributed by atoms with E-state index in [0.717, 1.165) is 0 Å². The molecule has 0 aliphatic carbocycles. The summed E-state index contributed by atoms with van der Waals surface area (Å²) in [6, 6.07) is 5.88. The van der Waals surface area contributed by atoms with Gasteiger partial charge in [0, 0.05) is 7.11 Å². The summed E-state index contributed by atoms with van der Waals surface area (Å²) < 4.78 is 17.5. The van der Waals surface area contributed by atoms with E-state index in [-0.39, 0.29) is 24.8 Å². The van der Waals surface area contributed by atoms with Crippen molar-refractivity contribution in [2.45, 2.75) is 6.42 Å². The van der Waals surface area contributed by atoms with Gasteiger partial charge in [-0.3, -0.25) is 9.63 Å². The van der Waals surface area contributed by atoms with Crippen molar-refractivity contribution in [3.63, 3.8) is 0 Å². The Balaban J connectivity index is 2.29. The van der Waals surface area contributed by atoms with Gasteiger partial charge in [0.25, 0.3) is 0 Å². The fraction of sp³-hybridized carbons (Fsp3) is 0.364. The van der Waals surface area contributed by atoms with Crippen LogP contribution in [-0.2, 0) is 20.8 Å². The third-order valence-corrected chi connectivity index (χ3v) is 1.83. The van der Waals surface area contributed by atoms with Crippen LogP contribution >= 0.6 is 0 Å². The van der Waals surface area contributed by atoms with Gasteiger partial charge in [-0.2, -0.15) is 0 Å². The van der Waals surface area contributed by atoms with Gasteiger partial charge in [0.1, 0.15) is 5.82 Å². The first kappa shape index (κ1) is 12.6. The summed E-state index contributed by atoms with van der Waals surface area (Å²) in [6.07, 6.45) is 0.0880. The number of rotatable bonds is 6. The lowest BCUT2D eigenvalue weighted by molar-refractivity contribution is -0.133. The van der Waals surface area contributed by atoms with Gasteiger partial charge in [-0.1, -0.05) is 12.1 Å². The molecule has 1 N–H and O–H groups in total. The fourth-order valence-electron chi connectivity index (χ4n) is 1.12.